The molecule has 0 saturated carbocycles. The van der Waals surface area contributed by atoms with Crippen LogP contribution >= 0.6 is 23.1 Å². The van der Waals surface area contributed by atoms with Gasteiger partial charge >= 0.3 is 0 Å². The van der Waals surface area contributed by atoms with E-state index in [4.69, 9.17) is 6.42 Å². The molecule has 0 aliphatic heterocycles. The normalized spacial score (nSPS) is 10.0. The molecule has 1 aromatic carbocycles. The lowest BCUT2D eigenvalue weighted by Crippen LogP contribution is -2.37. The highest BCUT2D eigenvalue weighted by molar-refractivity contribution is 8.01. The van der Waals surface area contributed by atoms with Gasteiger partial charge in [-0.15, -0.1) is 17.8 Å². The summed E-state index contributed by atoms with van der Waals surface area (Å²) in [4.78, 5) is 39.0. The number of nitro groups is 1. The number of hydrogen-bond acceptors (Lipinski definition) is 7. The zero-order valence-corrected chi connectivity index (χ0v) is 15.3. The Balaban J connectivity index is 2.11. The third kappa shape index (κ3) is 5.30. The van der Waals surface area contributed by atoms with Crippen LogP contribution in [0.1, 0.15) is 16.1 Å². The summed E-state index contributed by atoms with van der Waals surface area (Å²) in [5.74, 6) is 1.20. The number of nitro benzene ring substituents is 1. The first-order chi connectivity index (χ1) is 12.4. The quantitative estimate of drug-likeness (QED) is 0.424. The van der Waals surface area contributed by atoms with Gasteiger partial charge in [0.2, 0.25) is 5.91 Å². The lowest BCUT2D eigenvalue weighted by atomic mass is 10.2. The Labute approximate surface area is 157 Å². The topological polar surface area (TPSA) is 114 Å². The molecule has 0 radical (unpaired) electrons. The van der Waals surface area contributed by atoms with Crippen molar-refractivity contribution in [2.45, 2.75) is 16.2 Å². The molecule has 10 heteroatoms. The maximum atomic E-state index is 12.1. The smallest absolute Gasteiger partial charge is 0.284 e. The third-order valence-corrected chi connectivity index (χ3v) is 5.13. The molecule has 1 aromatic heterocycles. The Bertz CT molecular complexity index is 889. The number of amides is 2. The number of carbonyl (C=O) groups is 2. The molecule has 0 aliphatic rings. The van der Waals surface area contributed by atoms with Crippen molar-refractivity contribution in [3.05, 3.63) is 45.0 Å². The van der Waals surface area contributed by atoms with Crippen LogP contribution in [0.2, 0.25) is 0 Å². The fourth-order valence-corrected chi connectivity index (χ4v) is 3.71. The number of terminal acetylenes is 1. The molecule has 0 unspecified atom stereocenters. The molecular weight excluding hydrogens is 376 g/mol. The van der Waals surface area contributed by atoms with Gasteiger partial charge in [0.05, 0.1) is 22.9 Å². The van der Waals surface area contributed by atoms with E-state index in [2.05, 4.69) is 21.5 Å². The highest BCUT2D eigenvalue weighted by Gasteiger charge is 2.19. The van der Waals surface area contributed by atoms with E-state index < -0.39 is 16.7 Å². The number of nitrogens with one attached hydrogen (secondary N) is 2. The molecule has 134 valence electrons. The number of nitrogens with zero attached hydrogens (tertiary/aromatic N) is 2. The summed E-state index contributed by atoms with van der Waals surface area (Å²) in [5, 5.41) is 18.0. The maximum Gasteiger partial charge on any atom is 0.284 e. The van der Waals surface area contributed by atoms with Crippen molar-refractivity contribution in [1.29, 1.82) is 0 Å². The van der Waals surface area contributed by atoms with E-state index in [1.54, 1.807) is 0 Å². The molecule has 2 rings (SSSR count). The second kappa shape index (κ2) is 8.98. The summed E-state index contributed by atoms with van der Waals surface area (Å²) in [7, 11) is 0. The van der Waals surface area contributed by atoms with E-state index in [1.807, 2.05) is 12.3 Å². The number of hydrogen-bond donors (Lipinski definition) is 2. The standard InChI is InChI=1S/C16H14N4O4S2/c1-3-6-17-14(21)8-18-15(22)11-4-5-13(12(7-11)20(23)24)26-16-19-10(2)9-25-16/h1,4-5,7,9H,6,8H2,2H3,(H,17,21)(H,18,22). The minimum Gasteiger partial charge on any atom is -0.344 e. The van der Waals surface area contributed by atoms with Crippen LogP contribution < -0.4 is 10.6 Å². The van der Waals surface area contributed by atoms with Gasteiger partial charge in [-0.05, 0) is 19.1 Å². The van der Waals surface area contributed by atoms with Gasteiger partial charge in [0.1, 0.15) is 0 Å². The van der Waals surface area contributed by atoms with Gasteiger partial charge < -0.3 is 10.6 Å². The Hall–Kier alpha value is -2.90. The molecule has 8 nitrogen and oxygen atoms in total. The third-order valence-electron chi connectivity index (χ3n) is 3.01. The van der Waals surface area contributed by atoms with Crippen LogP contribution in [0.4, 0.5) is 5.69 Å². The SMILES string of the molecule is C#CCNC(=O)CNC(=O)c1ccc(Sc2nc(C)cs2)c([N+](=O)[O-])c1. The Morgan fingerprint density at radius 3 is 2.81 bits per heavy atom. The molecular formula is C16H14N4O4S2. The Morgan fingerprint density at radius 1 is 1.42 bits per heavy atom. The molecule has 0 spiro atoms. The van der Waals surface area contributed by atoms with Crippen LogP contribution in [0.5, 0.6) is 0 Å². The van der Waals surface area contributed by atoms with Gasteiger partial charge in [0, 0.05) is 22.7 Å². The van der Waals surface area contributed by atoms with Crippen molar-refractivity contribution in [2.24, 2.45) is 0 Å². The predicted octanol–water partition coefficient (Wildman–Crippen LogP) is 1.99. The molecule has 0 fully saturated rings. The molecule has 1 heterocycles. The first-order valence-electron chi connectivity index (χ1n) is 7.27. The van der Waals surface area contributed by atoms with E-state index >= 15 is 0 Å². The van der Waals surface area contributed by atoms with Crippen LogP contribution in [0.15, 0.2) is 32.8 Å². The molecule has 2 aromatic rings. The molecule has 0 aliphatic carbocycles. The zero-order chi connectivity index (χ0) is 19.1. The van der Waals surface area contributed by atoms with Gasteiger partial charge in [-0.2, -0.15) is 0 Å². The second-order valence-corrected chi connectivity index (χ2v) is 7.11. The highest BCUT2D eigenvalue weighted by atomic mass is 32.2. The first-order valence-corrected chi connectivity index (χ1v) is 8.97. The number of aromatic nitrogens is 1. The summed E-state index contributed by atoms with van der Waals surface area (Å²) in [5.41, 5.74) is 0.715. The number of rotatable bonds is 7. The summed E-state index contributed by atoms with van der Waals surface area (Å²) >= 11 is 2.55. The minimum atomic E-state index is -0.592. The van der Waals surface area contributed by atoms with Crippen molar-refractivity contribution in [1.82, 2.24) is 15.6 Å². The monoisotopic (exact) mass is 390 g/mol. The fraction of sp³-hybridized carbons (Fsp3) is 0.188. The van der Waals surface area contributed by atoms with E-state index in [1.165, 1.54) is 29.5 Å². The van der Waals surface area contributed by atoms with E-state index in [-0.39, 0.29) is 24.3 Å². The number of aryl methyl sites for hydroxylation is 1. The lowest BCUT2D eigenvalue weighted by molar-refractivity contribution is -0.387. The zero-order valence-electron chi connectivity index (χ0n) is 13.6. The highest BCUT2D eigenvalue weighted by Crippen LogP contribution is 2.36. The molecule has 2 amide bonds. The number of thiazole rings is 1. The molecule has 2 N–H and O–H groups in total. The fourth-order valence-electron chi connectivity index (χ4n) is 1.84. The molecule has 0 saturated heterocycles. The summed E-state index contributed by atoms with van der Waals surface area (Å²) < 4.78 is 0.674. The van der Waals surface area contributed by atoms with Gasteiger partial charge in [-0.3, -0.25) is 19.7 Å². The van der Waals surface area contributed by atoms with Gasteiger partial charge in [0.15, 0.2) is 4.34 Å². The average Bonchev–Trinajstić information content (AvgIpc) is 3.02. The first kappa shape index (κ1) is 19.4. The van der Waals surface area contributed by atoms with Crippen LogP contribution in [0.3, 0.4) is 0 Å². The van der Waals surface area contributed by atoms with Crippen molar-refractivity contribution in [3.63, 3.8) is 0 Å². The average molecular weight is 390 g/mol. The van der Waals surface area contributed by atoms with Crippen molar-refractivity contribution in [2.75, 3.05) is 13.1 Å². The largest absolute Gasteiger partial charge is 0.344 e. The van der Waals surface area contributed by atoms with Crippen LogP contribution in [-0.4, -0.2) is 34.8 Å². The second-order valence-electron chi connectivity index (χ2n) is 4.96. The van der Waals surface area contributed by atoms with E-state index in [0.717, 1.165) is 17.5 Å². The van der Waals surface area contributed by atoms with E-state index in [9.17, 15) is 19.7 Å². The Kier molecular flexibility index (Phi) is 6.71. The summed E-state index contributed by atoms with van der Waals surface area (Å²) in [6.07, 6.45) is 5.02. The summed E-state index contributed by atoms with van der Waals surface area (Å²) in [6.45, 7) is 1.62. The van der Waals surface area contributed by atoms with Crippen molar-refractivity contribution >= 4 is 40.6 Å². The molecule has 0 atom stereocenters. The summed E-state index contributed by atoms with van der Waals surface area (Å²) in [6, 6.07) is 4.13. The van der Waals surface area contributed by atoms with Gasteiger partial charge in [0.25, 0.3) is 11.6 Å². The van der Waals surface area contributed by atoms with Crippen molar-refractivity contribution in [3.8, 4) is 12.3 Å². The van der Waals surface area contributed by atoms with Crippen LogP contribution in [-0.2, 0) is 4.79 Å². The minimum absolute atomic E-state index is 0.0579. The molecule has 0 bridgehead atoms. The van der Waals surface area contributed by atoms with Crippen LogP contribution in [0.25, 0.3) is 0 Å². The van der Waals surface area contributed by atoms with Gasteiger partial charge in [-0.25, -0.2) is 4.98 Å². The van der Waals surface area contributed by atoms with Crippen molar-refractivity contribution < 1.29 is 14.5 Å². The molecule has 26 heavy (non-hydrogen) atoms. The van der Waals surface area contributed by atoms with E-state index in [0.29, 0.717) is 9.24 Å². The van der Waals surface area contributed by atoms with Gasteiger partial charge in [-0.1, -0.05) is 17.7 Å². The van der Waals surface area contributed by atoms with Crippen LogP contribution in [0, 0.1) is 29.4 Å². The Morgan fingerprint density at radius 2 is 2.19 bits per heavy atom. The predicted molar refractivity (Wildman–Crippen MR) is 98.2 cm³/mol. The number of benzene rings is 1. The maximum absolute atomic E-state index is 12.1. The lowest BCUT2D eigenvalue weighted by Gasteiger charge is -2.06. The number of carbonyl (C=O) groups excluding carboxylic acids is 2.